The molecule has 0 amide bonds. The maximum atomic E-state index is 11.7. The standard InChI is InChI=1S/C11H14N4O/c1-8-7-11(16)15(14(8)2)10-5-3-9(13-12)4-6-10/h3-7,13H,12H2,1-2H3. The molecule has 1 aromatic carbocycles. The molecule has 5 heteroatoms. The molecular weight excluding hydrogens is 204 g/mol. The molecule has 0 saturated heterocycles. The highest BCUT2D eigenvalue weighted by Crippen LogP contribution is 2.11. The summed E-state index contributed by atoms with van der Waals surface area (Å²) in [5.41, 5.74) is 5.06. The van der Waals surface area contributed by atoms with Gasteiger partial charge in [0.1, 0.15) is 0 Å². The lowest BCUT2D eigenvalue weighted by molar-refractivity contribution is 0.630. The summed E-state index contributed by atoms with van der Waals surface area (Å²) in [6, 6.07) is 8.94. The van der Waals surface area contributed by atoms with E-state index in [0.717, 1.165) is 17.1 Å². The summed E-state index contributed by atoms with van der Waals surface area (Å²) in [4.78, 5) is 11.7. The van der Waals surface area contributed by atoms with E-state index < -0.39 is 0 Å². The quantitative estimate of drug-likeness (QED) is 0.578. The van der Waals surface area contributed by atoms with Crippen LogP contribution in [0.5, 0.6) is 0 Å². The Labute approximate surface area is 93.1 Å². The third-order valence-corrected chi connectivity index (χ3v) is 2.63. The predicted molar refractivity (Wildman–Crippen MR) is 63.6 cm³/mol. The number of nitrogens with two attached hydrogens (primary N) is 1. The molecule has 16 heavy (non-hydrogen) atoms. The second-order valence-electron chi connectivity index (χ2n) is 3.65. The number of benzene rings is 1. The number of aryl methyl sites for hydroxylation is 1. The van der Waals surface area contributed by atoms with Crippen molar-refractivity contribution in [2.24, 2.45) is 12.9 Å². The highest BCUT2D eigenvalue weighted by atomic mass is 16.1. The van der Waals surface area contributed by atoms with Gasteiger partial charge < -0.3 is 5.43 Å². The largest absolute Gasteiger partial charge is 0.324 e. The number of hydrogen-bond donors (Lipinski definition) is 2. The minimum Gasteiger partial charge on any atom is -0.324 e. The van der Waals surface area contributed by atoms with Gasteiger partial charge in [0.05, 0.1) is 5.69 Å². The summed E-state index contributed by atoms with van der Waals surface area (Å²) in [5, 5.41) is 0. The van der Waals surface area contributed by atoms with E-state index in [0.29, 0.717) is 0 Å². The molecule has 2 rings (SSSR count). The van der Waals surface area contributed by atoms with Crippen LogP contribution in [0.1, 0.15) is 5.69 Å². The second-order valence-corrected chi connectivity index (χ2v) is 3.65. The number of nitrogen functional groups attached to an aromatic ring is 1. The molecule has 0 bridgehead atoms. The lowest BCUT2D eigenvalue weighted by Crippen LogP contribution is -2.19. The van der Waals surface area contributed by atoms with Gasteiger partial charge >= 0.3 is 0 Å². The molecule has 84 valence electrons. The fourth-order valence-corrected chi connectivity index (χ4v) is 1.64. The van der Waals surface area contributed by atoms with Gasteiger partial charge in [0.2, 0.25) is 0 Å². The monoisotopic (exact) mass is 218 g/mol. The van der Waals surface area contributed by atoms with E-state index in [1.54, 1.807) is 10.7 Å². The summed E-state index contributed by atoms with van der Waals surface area (Å²) in [6.45, 7) is 1.90. The van der Waals surface area contributed by atoms with Gasteiger partial charge in [-0.2, -0.15) is 0 Å². The van der Waals surface area contributed by atoms with Gasteiger partial charge in [-0.15, -0.1) is 0 Å². The van der Waals surface area contributed by atoms with Crippen molar-refractivity contribution in [3.63, 3.8) is 0 Å². The lowest BCUT2D eigenvalue weighted by Gasteiger charge is -2.09. The van der Waals surface area contributed by atoms with Crippen molar-refractivity contribution >= 4 is 5.69 Å². The first-order valence-corrected chi connectivity index (χ1v) is 4.96. The molecule has 1 aromatic heterocycles. The molecule has 0 unspecified atom stereocenters. The van der Waals surface area contributed by atoms with Crippen LogP contribution in [0, 0.1) is 6.92 Å². The zero-order chi connectivity index (χ0) is 11.7. The maximum absolute atomic E-state index is 11.7. The Morgan fingerprint density at radius 1 is 1.25 bits per heavy atom. The molecule has 0 spiro atoms. The van der Waals surface area contributed by atoms with E-state index in [9.17, 15) is 4.79 Å². The molecule has 3 N–H and O–H groups in total. The molecule has 0 radical (unpaired) electrons. The van der Waals surface area contributed by atoms with Crippen LogP contribution in [-0.4, -0.2) is 9.36 Å². The summed E-state index contributed by atoms with van der Waals surface area (Å²) in [7, 11) is 1.85. The Morgan fingerprint density at radius 3 is 2.31 bits per heavy atom. The van der Waals surface area contributed by atoms with Gasteiger partial charge in [0.15, 0.2) is 0 Å². The van der Waals surface area contributed by atoms with Crippen molar-refractivity contribution in [1.29, 1.82) is 0 Å². The predicted octanol–water partition coefficient (Wildman–Crippen LogP) is 0.770. The zero-order valence-corrected chi connectivity index (χ0v) is 9.27. The summed E-state index contributed by atoms with van der Waals surface area (Å²) in [5.74, 6) is 5.28. The van der Waals surface area contributed by atoms with Crippen LogP contribution >= 0.6 is 0 Å². The second kappa shape index (κ2) is 3.86. The normalized spacial score (nSPS) is 10.4. The topological polar surface area (TPSA) is 65.0 Å². The summed E-state index contributed by atoms with van der Waals surface area (Å²) < 4.78 is 3.42. The van der Waals surface area contributed by atoms with Crippen LogP contribution in [0.2, 0.25) is 0 Å². The Morgan fingerprint density at radius 2 is 1.88 bits per heavy atom. The zero-order valence-electron chi connectivity index (χ0n) is 9.27. The van der Waals surface area contributed by atoms with E-state index in [2.05, 4.69) is 5.43 Å². The van der Waals surface area contributed by atoms with E-state index in [4.69, 9.17) is 5.84 Å². The SMILES string of the molecule is Cc1cc(=O)n(-c2ccc(NN)cc2)n1C. The van der Waals surface area contributed by atoms with Crippen molar-refractivity contribution in [3.8, 4) is 5.69 Å². The molecule has 5 nitrogen and oxygen atoms in total. The Bertz CT molecular complexity index is 550. The van der Waals surface area contributed by atoms with Crippen LogP contribution in [0.25, 0.3) is 5.69 Å². The molecule has 2 aromatic rings. The Hall–Kier alpha value is -2.01. The molecule has 0 saturated carbocycles. The van der Waals surface area contributed by atoms with Crippen molar-refractivity contribution in [2.75, 3.05) is 5.43 Å². The number of hydrogen-bond acceptors (Lipinski definition) is 3. The smallest absolute Gasteiger partial charge is 0.271 e. The Kier molecular flexibility index (Phi) is 2.54. The van der Waals surface area contributed by atoms with Gasteiger partial charge in [0.25, 0.3) is 5.56 Å². The number of rotatable bonds is 2. The van der Waals surface area contributed by atoms with Gasteiger partial charge in [-0.05, 0) is 31.2 Å². The average molecular weight is 218 g/mol. The molecule has 0 aliphatic heterocycles. The molecule has 1 heterocycles. The van der Waals surface area contributed by atoms with Crippen LogP contribution in [0.15, 0.2) is 35.1 Å². The van der Waals surface area contributed by atoms with Crippen LogP contribution in [0.4, 0.5) is 5.69 Å². The Balaban J connectivity index is 2.54. The van der Waals surface area contributed by atoms with E-state index in [-0.39, 0.29) is 5.56 Å². The number of aromatic nitrogens is 2. The number of nitrogens with one attached hydrogen (secondary N) is 1. The van der Waals surface area contributed by atoms with Gasteiger partial charge in [-0.3, -0.25) is 15.3 Å². The molecule has 0 atom stereocenters. The van der Waals surface area contributed by atoms with Crippen LogP contribution in [-0.2, 0) is 7.05 Å². The van der Waals surface area contributed by atoms with Crippen molar-refractivity contribution < 1.29 is 0 Å². The molecule has 0 fully saturated rings. The van der Waals surface area contributed by atoms with Crippen molar-refractivity contribution in [3.05, 3.63) is 46.4 Å². The van der Waals surface area contributed by atoms with E-state index >= 15 is 0 Å². The highest BCUT2D eigenvalue weighted by Gasteiger charge is 2.06. The molecular formula is C11H14N4O. The minimum atomic E-state index is -0.0338. The third kappa shape index (κ3) is 1.61. The lowest BCUT2D eigenvalue weighted by atomic mass is 10.3. The first kappa shape index (κ1) is 10.5. The maximum Gasteiger partial charge on any atom is 0.271 e. The minimum absolute atomic E-state index is 0.0338. The number of nitrogens with zero attached hydrogens (tertiary/aromatic N) is 2. The first-order valence-electron chi connectivity index (χ1n) is 4.96. The summed E-state index contributed by atoms with van der Waals surface area (Å²) >= 11 is 0. The number of hydrazine groups is 1. The highest BCUT2D eigenvalue weighted by molar-refractivity contribution is 5.47. The van der Waals surface area contributed by atoms with Crippen molar-refractivity contribution in [1.82, 2.24) is 9.36 Å². The van der Waals surface area contributed by atoms with Crippen molar-refractivity contribution in [2.45, 2.75) is 6.92 Å². The van der Waals surface area contributed by atoms with Gasteiger partial charge in [0, 0.05) is 24.5 Å². The molecule has 0 aliphatic carbocycles. The van der Waals surface area contributed by atoms with E-state index in [1.807, 2.05) is 42.9 Å². The van der Waals surface area contributed by atoms with Crippen LogP contribution < -0.4 is 16.8 Å². The third-order valence-electron chi connectivity index (χ3n) is 2.63. The fraction of sp³-hybridized carbons (Fsp3) is 0.182. The van der Waals surface area contributed by atoms with Gasteiger partial charge in [-0.1, -0.05) is 0 Å². The molecule has 0 aliphatic rings. The van der Waals surface area contributed by atoms with Crippen LogP contribution in [0.3, 0.4) is 0 Å². The van der Waals surface area contributed by atoms with E-state index in [1.165, 1.54) is 0 Å². The van der Waals surface area contributed by atoms with Gasteiger partial charge in [-0.25, -0.2) is 4.68 Å². The summed E-state index contributed by atoms with van der Waals surface area (Å²) in [6.07, 6.45) is 0. The average Bonchev–Trinajstić information content (AvgIpc) is 2.54. The number of anilines is 1. The fourth-order valence-electron chi connectivity index (χ4n) is 1.64. The first-order chi connectivity index (χ1) is 7.63.